The predicted molar refractivity (Wildman–Crippen MR) is 82.3 cm³/mol. The van der Waals surface area contributed by atoms with Gasteiger partial charge < -0.3 is 14.6 Å². The second-order valence-electron chi connectivity index (χ2n) is 3.99. The molecule has 1 atom stereocenters. The van der Waals surface area contributed by atoms with Crippen LogP contribution < -0.4 is 9.47 Å². The number of carbonyl (C=O) groups is 1. The molecule has 1 rings (SSSR count). The van der Waals surface area contributed by atoms with Crippen LogP contribution in [0.5, 0.6) is 11.5 Å². The van der Waals surface area contributed by atoms with Crippen molar-refractivity contribution in [1.82, 2.24) is 0 Å². The van der Waals surface area contributed by atoms with E-state index in [4.69, 9.17) is 14.6 Å². The summed E-state index contributed by atoms with van der Waals surface area (Å²) in [4.78, 5) is 10.6. The van der Waals surface area contributed by atoms with Crippen molar-refractivity contribution in [2.24, 2.45) is 0 Å². The SMILES string of the molecule is C=CC(C)Oc1c(Br)cc(C=CC(=O)O)cc1OCC. The first-order valence-electron chi connectivity index (χ1n) is 6.14. The summed E-state index contributed by atoms with van der Waals surface area (Å²) < 4.78 is 12.0. The van der Waals surface area contributed by atoms with Crippen LogP contribution in [0.1, 0.15) is 19.4 Å². The van der Waals surface area contributed by atoms with Gasteiger partial charge in [-0.15, -0.1) is 0 Å². The number of benzene rings is 1. The van der Waals surface area contributed by atoms with Gasteiger partial charge >= 0.3 is 5.97 Å². The number of rotatable bonds is 7. The molecule has 0 aliphatic heterocycles. The standard InChI is InChI=1S/C15H17BrO4/c1-4-10(3)20-15-12(16)8-11(6-7-14(17)18)9-13(15)19-5-2/h4,6-10H,1,5H2,2-3H3,(H,17,18). The van der Waals surface area contributed by atoms with Crippen LogP contribution in [0.2, 0.25) is 0 Å². The van der Waals surface area contributed by atoms with Crippen molar-refractivity contribution in [2.75, 3.05) is 6.61 Å². The lowest BCUT2D eigenvalue weighted by molar-refractivity contribution is -0.131. The molecule has 0 aromatic heterocycles. The molecule has 5 heteroatoms. The van der Waals surface area contributed by atoms with E-state index in [1.807, 2.05) is 13.8 Å². The van der Waals surface area contributed by atoms with Crippen LogP contribution in [0.4, 0.5) is 0 Å². The maximum absolute atomic E-state index is 10.6. The van der Waals surface area contributed by atoms with Crippen molar-refractivity contribution in [1.29, 1.82) is 0 Å². The molecule has 1 unspecified atom stereocenters. The van der Waals surface area contributed by atoms with E-state index in [1.54, 1.807) is 18.2 Å². The molecular formula is C15H17BrO4. The first-order chi connectivity index (χ1) is 9.47. The fraction of sp³-hybridized carbons (Fsp3) is 0.267. The maximum atomic E-state index is 10.6. The highest BCUT2D eigenvalue weighted by Crippen LogP contribution is 2.38. The summed E-state index contributed by atoms with van der Waals surface area (Å²) in [6, 6.07) is 3.51. The van der Waals surface area contributed by atoms with E-state index >= 15 is 0 Å². The van der Waals surface area contributed by atoms with E-state index in [0.717, 1.165) is 6.08 Å². The molecule has 0 radical (unpaired) electrons. The minimum Gasteiger partial charge on any atom is -0.490 e. The molecule has 0 aliphatic carbocycles. The van der Waals surface area contributed by atoms with E-state index in [1.165, 1.54) is 6.08 Å². The maximum Gasteiger partial charge on any atom is 0.328 e. The van der Waals surface area contributed by atoms with Gasteiger partial charge in [-0.05, 0) is 53.5 Å². The molecule has 1 aromatic carbocycles. The molecular weight excluding hydrogens is 324 g/mol. The molecule has 1 aromatic rings. The minimum atomic E-state index is -1.00. The molecule has 0 saturated heterocycles. The smallest absolute Gasteiger partial charge is 0.328 e. The van der Waals surface area contributed by atoms with Crippen molar-refractivity contribution in [3.63, 3.8) is 0 Å². The number of aliphatic carboxylic acids is 1. The Bertz CT molecular complexity index is 523. The van der Waals surface area contributed by atoms with Crippen LogP contribution >= 0.6 is 15.9 Å². The van der Waals surface area contributed by atoms with Gasteiger partial charge in [0.1, 0.15) is 6.10 Å². The van der Waals surface area contributed by atoms with Gasteiger partial charge in [0.05, 0.1) is 11.1 Å². The molecule has 0 heterocycles. The topological polar surface area (TPSA) is 55.8 Å². The Morgan fingerprint density at radius 1 is 1.55 bits per heavy atom. The zero-order valence-electron chi connectivity index (χ0n) is 11.4. The Kier molecular flexibility index (Phi) is 6.31. The molecule has 0 spiro atoms. The number of carboxylic acids is 1. The van der Waals surface area contributed by atoms with Crippen LogP contribution in [0.15, 0.2) is 35.3 Å². The van der Waals surface area contributed by atoms with Gasteiger partial charge in [0.15, 0.2) is 11.5 Å². The number of carboxylic acid groups (broad SMARTS) is 1. The fourth-order valence-corrected chi connectivity index (χ4v) is 2.02. The Balaban J connectivity index is 3.17. The van der Waals surface area contributed by atoms with E-state index in [0.29, 0.717) is 28.1 Å². The lowest BCUT2D eigenvalue weighted by Crippen LogP contribution is -2.09. The number of halogens is 1. The Hall–Kier alpha value is -1.75. The second-order valence-corrected chi connectivity index (χ2v) is 4.85. The molecule has 4 nitrogen and oxygen atoms in total. The van der Waals surface area contributed by atoms with E-state index < -0.39 is 5.97 Å². The van der Waals surface area contributed by atoms with Gasteiger partial charge in [-0.1, -0.05) is 12.7 Å². The average molecular weight is 341 g/mol. The molecule has 0 fully saturated rings. The van der Waals surface area contributed by atoms with Crippen LogP contribution in [-0.2, 0) is 4.79 Å². The quantitative estimate of drug-likeness (QED) is 0.604. The van der Waals surface area contributed by atoms with Crippen LogP contribution in [0.3, 0.4) is 0 Å². The van der Waals surface area contributed by atoms with Crippen LogP contribution in [0, 0.1) is 0 Å². The molecule has 0 aliphatic rings. The number of ether oxygens (including phenoxy) is 2. The van der Waals surface area contributed by atoms with Gasteiger partial charge in [0.2, 0.25) is 0 Å². The van der Waals surface area contributed by atoms with Gasteiger partial charge in [-0.25, -0.2) is 4.79 Å². The van der Waals surface area contributed by atoms with Crippen molar-refractivity contribution < 1.29 is 19.4 Å². The molecule has 20 heavy (non-hydrogen) atoms. The summed E-state index contributed by atoms with van der Waals surface area (Å²) in [7, 11) is 0. The normalized spacial score (nSPS) is 12.2. The summed E-state index contributed by atoms with van der Waals surface area (Å²) in [6.45, 7) is 7.89. The summed E-state index contributed by atoms with van der Waals surface area (Å²) in [6.07, 6.45) is 4.09. The fourth-order valence-electron chi connectivity index (χ4n) is 1.46. The highest BCUT2D eigenvalue weighted by atomic mass is 79.9. The first-order valence-corrected chi connectivity index (χ1v) is 6.93. The van der Waals surface area contributed by atoms with Gasteiger partial charge in [-0.3, -0.25) is 0 Å². The third-order valence-corrected chi connectivity index (χ3v) is 2.97. The number of hydrogen-bond donors (Lipinski definition) is 1. The predicted octanol–water partition coefficient (Wildman–Crippen LogP) is 3.90. The third kappa shape index (κ3) is 4.74. The molecule has 0 saturated carbocycles. The highest BCUT2D eigenvalue weighted by molar-refractivity contribution is 9.10. The van der Waals surface area contributed by atoms with Crippen molar-refractivity contribution in [3.8, 4) is 11.5 Å². The van der Waals surface area contributed by atoms with Crippen molar-refractivity contribution in [3.05, 3.63) is 40.9 Å². The lowest BCUT2D eigenvalue weighted by atomic mass is 10.2. The first kappa shape index (κ1) is 16.3. The van der Waals surface area contributed by atoms with E-state index in [-0.39, 0.29) is 6.10 Å². The molecule has 1 N–H and O–H groups in total. The molecule has 0 amide bonds. The molecule has 0 bridgehead atoms. The second kappa shape index (κ2) is 7.75. The average Bonchev–Trinajstić information content (AvgIpc) is 2.40. The Morgan fingerprint density at radius 3 is 2.80 bits per heavy atom. The van der Waals surface area contributed by atoms with Gasteiger partial charge in [0.25, 0.3) is 0 Å². The monoisotopic (exact) mass is 340 g/mol. The Morgan fingerprint density at radius 2 is 2.25 bits per heavy atom. The zero-order valence-corrected chi connectivity index (χ0v) is 13.0. The summed E-state index contributed by atoms with van der Waals surface area (Å²) in [5.74, 6) is 0.132. The van der Waals surface area contributed by atoms with Crippen LogP contribution in [-0.4, -0.2) is 23.8 Å². The molecule has 108 valence electrons. The minimum absolute atomic E-state index is 0.161. The summed E-state index contributed by atoms with van der Waals surface area (Å²) in [5.41, 5.74) is 0.710. The largest absolute Gasteiger partial charge is 0.490 e. The van der Waals surface area contributed by atoms with Crippen molar-refractivity contribution >= 4 is 28.0 Å². The summed E-state index contributed by atoms with van der Waals surface area (Å²) >= 11 is 3.41. The Labute approximate surface area is 126 Å². The van der Waals surface area contributed by atoms with Crippen molar-refractivity contribution in [2.45, 2.75) is 20.0 Å². The lowest BCUT2D eigenvalue weighted by Gasteiger charge is -2.17. The van der Waals surface area contributed by atoms with E-state index in [9.17, 15) is 4.79 Å². The number of hydrogen-bond acceptors (Lipinski definition) is 3. The van der Waals surface area contributed by atoms with E-state index in [2.05, 4.69) is 22.5 Å². The van der Waals surface area contributed by atoms with Gasteiger partial charge in [-0.2, -0.15) is 0 Å². The van der Waals surface area contributed by atoms with Crippen LogP contribution in [0.25, 0.3) is 6.08 Å². The zero-order chi connectivity index (χ0) is 15.1. The highest BCUT2D eigenvalue weighted by Gasteiger charge is 2.13. The third-order valence-electron chi connectivity index (χ3n) is 2.39. The van der Waals surface area contributed by atoms with Gasteiger partial charge in [0, 0.05) is 6.08 Å². The summed E-state index contributed by atoms with van der Waals surface area (Å²) in [5, 5.41) is 8.66.